The third-order valence-corrected chi connectivity index (χ3v) is 4.06. The predicted octanol–water partition coefficient (Wildman–Crippen LogP) is 4.62. The Morgan fingerprint density at radius 2 is 1.63 bits per heavy atom. The van der Waals surface area contributed by atoms with Crippen LogP contribution in [0.4, 0.5) is 24.5 Å². The molecule has 0 saturated heterocycles. The number of alkyl halides is 3. The predicted molar refractivity (Wildman–Crippen MR) is 98.8 cm³/mol. The smallest absolute Gasteiger partial charge is 0.325 e. The summed E-state index contributed by atoms with van der Waals surface area (Å²) in [5, 5.41) is 2.43. The number of halogens is 3. The number of benzene rings is 2. The summed E-state index contributed by atoms with van der Waals surface area (Å²) in [5.74, 6) is -0.909. The summed E-state index contributed by atoms with van der Waals surface area (Å²) in [5.41, 5.74) is 2.52. The van der Waals surface area contributed by atoms with Gasteiger partial charge in [-0.1, -0.05) is 23.8 Å². The van der Waals surface area contributed by atoms with E-state index in [2.05, 4.69) is 5.32 Å². The zero-order chi connectivity index (χ0) is 20.4. The van der Waals surface area contributed by atoms with Crippen molar-refractivity contribution in [3.05, 3.63) is 58.7 Å². The zero-order valence-corrected chi connectivity index (χ0v) is 15.6. The van der Waals surface area contributed by atoms with Gasteiger partial charge < -0.3 is 10.2 Å². The van der Waals surface area contributed by atoms with Crippen molar-refractivity contribution in [3.8, 4) is 0 Å². The van der Waals surface area contributed by atoms with Crippen LogP contribution >= 0.6 is 0 Å². The Morgan fingerprint density at radius 1 is 1.04 bits per heavy atom. The van der Waals surface area contributed by atoms with Gasteiger partial charge in [0, 0.05) is 12.6 Å². The van der Waals surface area contributed by atoms with Crippen molar-refractivity contribution in [1.82, 2.24) is 0 Å². The number of anilines is 2. The molecule has 2 amide bonds. The molecule has 0 aliphatic rings. The van der Waals surface area contributed by atoms with E-state index in [4.69, 9.17) is 0 Å². The van der Waals surface area contributed by atoms with Gasteiger partial charge in [-0.15, -0.1) is 0 Å². The number of amides is 2. The van der Waals surface area contributed by atoms with Crippen LogP contribution in [0.3, 0.4) is 0 Å². The van der Waals surface area contributed by atoms with Crippen LogP contribution in [0.15, 0.2) is 36.4 Å². The first-order chi connectivity index (χ1) is 12.5. The summed E-state index contributed by atoms with van der Waals surface area (Å²) >= 11 is 0. The Hall–Kier alpha value is -2.83. The molecule has 2 aromatic rings. The van der Waals surface area contributed by atoms with Gasteiger partial charge in [-0.25, -0.2) is 0 Å². The lowest BCUT2D eigenvalue weighted by atomic mass is 10.0. The molecule has 0 aliphatic carbocycles. The fraction of sp³-hybridized carbons (Fsp3) is 0.300. The Labute approximate surface area is 156 Å². The lowest BCUT2D eigenvalue weighted by Gasteiger charge is -2.25. The molecule has 0 bridgehead atoms. The number of aryl methyl sites for hydroxylation is 3. The molecule has 0 aliphatic heterocycles. The van der Waals surface area contributed by atoms with Crippen LogP contribution in [0, 0.1) is 20.8 Å². The molecule has 0 spiro atoms. The van der Waals surface area contributed by atoms with Crippen molar-refractivity contribution in [2.24, 2.45) is 0 Å². The van der Waals surface area contributed by atoms with Crippen LogP contribution in [-0.2, 0) is 15.8 Å². The van der Waals surface area contributed by atoms with E-state index in [0.717, 1.165) is 28.8 Å². The third kappa shape index (κ3) is 5.09. The van der Waals surface area contributed by atoms with Crippen LogP contribution in [0.2, 0.25) is 0 Å². The van der Waals surface area contributed by atoms with Crippen LogP contribution in [0.25, 0.3) is 0 Å². The van der Waals surface area contributed by atoms with Gasteiger partial charge in [0.25, 0.3) is 0 Å². The van der Waals surface area contributed by atoms with Gasteiger partial charge in [-0.3, -0.25) is 9.59 Å². The molecular formula is C20H21F3N2O2. The number of carbonyl (C=O) groups excluding carboxylic acids is 2. The Balaban J connectivity index is 2.23. The standard InChI is InChI=1S/C20H21F3N2O2/c1-12-8-13(2)19(14(3)9-12)25(15(4)26)11-18(27)24-17-7-5-6-16(10-17)20(21,22)23/h5-10H,11H2,1-4H3,(H,24,27). The molecular weight excluding hydrogens is 357 g/mol. The highest BCUT2D eigenvalue weighted by Gasteiger charge is 2.30. The molecule has 0 radical (unpaired) electrons. The van der Waals surface area contributed by atoms with Gasteiger partial charge in [-0.2, -0.15) is 13.2 Å². The van der Waals surface area contributed by atoms with Gasteiger partial charge >= 0.3 is 6.18 Å². The monoisotopic (exact) mass is 378 g/mol. The van der Waals surface area contributed by atoms with E-state index in [1.54, 1.807) is 0 Å². The second-order valence-electron chi connectivity index (χ2n) is 6.48. The SMILES string of the molecule is CC(=O)N(CC(=O)Nc1cccc(C(F)(F)F)c1)c1c(C)cc(C)cc1C. The average molecular weight is 378 g/mol. The molecule has 2 aromatic carbocycles. The van der Waals surface area contributed by atoms with Crippen molar-refractivity contribution < 1.29 is 22.8 Å². The Morgan fingerprint density at radius 3 is 2.15 bits per heavy atom. The number of rotatable bonds is 4. The quantitative estimate of drug-likeness (QED) is 0.844. The normalized spacial score (nSPS) is 11.2. The van der Waals surface area contributed by atoms with Gasteiger partial charge in [0.2, 0.25) is 11.8 Å². The van der Waals surface area contributed by atoms with Gasteiger partial charge in [0.05, 0.1) is 11.3 Å². The fourth-order valence-corrected chi connectivity index (χ4v) is 3.06. The first-order valence-corrected chi connectivity index (χ1v) is 8.32. The summed E-state index contributed by atoms with van der Waals surface area (Å²) in [6.45, 7) is 6.67. The highest BCUT2D eigenvalue weighted by Crippen LogP contribution is 2.31. The van der Waals surface area contributed by atoms with E-state index in [1.165, 1.54) is 24.0 Å². The maximum atomic E-state index is 12.8. The maximum absolute atomic E-state index is 12.8. The number of nitrogens with zero attached hydrogens (tertiary/aromatic N) is 1. The maximum Gasteiger partial charge on any atom is 0.416 e. The fourth-order valence-electron chi connectivity index (χ4n) is 3.06. The van der Waals surface area contributed by atoms with Gasteiger partial charge in [0.1, 0.15) is 6.54 Å². The minimum absolute atomic E-state index is 0.0238. The van der Waals surface area contributed by atoms with E-state index in [-0.39, 0.29) is 18.1 Å². The molecule has 0 fully saturated rings. The average Bonchev–Trinajstić information content (AvgIpc) is 2.52. The van der Waals surface area contributed by atoms with Crippen LogP contribution in [0.5, 0.6) is 0 Å². The van der Waals surface area contributed by atoms with E-state index in [0.29, 0.717) is 5.69 Å². The van der Waals surface area contributed by atoms with Crippen LogP contribution in [-0.4, -0.2) is 18.4 Å². The minimum atomic E-state index is -4.50. The summed E-state index contributed by atoms with van der Waals surface area (Å²) in [6.07, 6.45) is -4.50. The van der Waals surface area contributed by atoms with Gasteiger partial charge in [-0.05, 0) is 50.1 Å². The Bertz CT molecular complexity index is 853. The van der Waals surface area contributed by atoms with Gasteiger partial charge in [0.15, 0.2) is 0 Å². The second-order valence-corrected chi connectivity index (χ2v) is 6.48. The molecule has 0 unspecified atom stereocenters. The number of hydrogen-bond acceptors (Lipinski definition) is 2. The number of nitrogens with one attached hydrogen (secondary N) is 1. The molecule has 1 N–H and O–H groups in total. The lowest BCUT2D eigenvalue weighted by Crippen LogP contribution is -2.37. The molecule has 7 heteroatoms. The zero-order valence-electron chi connectivity index (χ0n) is 15.6. The van der Waals surface area contributed by atoms with Crippen molar-refractivity contribution in [2.75, 3.05) is 16.8 Å². The Kier molecular flexibility index (Phi) is 5.93. The molecule has 4 nitrogen and oxygen atoms in total. The molecule has 27 heavy (non-hydrogen) atoms. The number of carbonyl (C=O) groups is 2. The molecule has 2 rings (SSSR count). The molecule has 0 heterocycles. The number of hydrogen-bond donors (Lipinski definition) is 1. The summed E-state index contributed by atoms with van der Waals surface area (Å²) < 4.78 is 38.4. The van der Waals surface area contributed by atoms with E-state index in [9.17, 15) is 22.8 Å². The summed E-state index contributed by atoms with van der Waals surface area (Å²) in [6, 6.07) is 8.18. The van der Waals surface area contributed by atoms with Crippen LogP contribution in [0.1, 0.15) is 29.2 Å². The van der Waals surface area contributed by atoms with Crippen molar-refractivity contribution >= 4 is 23.2 Å². The topological polar surface area (TPSA) is 49.4 Å². The van der Waals surface area contributed by atoms with E-state index < -0.39 is 17.6 Å². The summed E-state index contributed by atoms with van der Waals surface area (Å²) in [7, 11) is 0. The largest absolute Gasteiger partial charge is 0.416 e. The highest BCUT2D eigenvalue weighted by molar-refractivity contribution is 6.02. The van der Waals surface area contributed by atoms with Crippen molar-refractivity contribution in [1.29, 1.82) is 0 Å². The summed E-state index contributed by atoms with van der Waals surface area (Å²) in [4.78, 5) is 25.8. The first kappa shape index (κ1) is 20.5. The van der Waals surface area contributed by atoms with E-state index in [1.807, 2.05) is 32.9 Å². The van der Waals surface area contributed by atoms with Crippen molar-refractivity contribution in [3.63, 3.8) is 0 Å². The molecule has 0 aromatic heterocycles. The van der Waals surface area contributed by atoms with Crippen LogP contribution < -0.4 is 10.2 Å². The molecule has 144 valence electrons. The highest BCUT2D eigenvalue weighted by atomic mass is 19.4. The third-order valence-electron chi connectivity index (χ3n) is 4.06. The second kappa shape index (κ2) is 7.82. The lowest BCUT2D eigenvalue weighted by molar-refractivity contribution is -0.137. The first-order valence-electron chi connectivity index (χ1n) is 8.32. The van der Waals surface area contributed by atoms with Crippen molar-refractivity contribution in [2.45, 2.75) is 33.9 Å². The minimum Gasteiger partial charge on any atom is -0.325 e. The van der Waals surface area contributed by atoms with E-state index >= 15 is 0 Å². The molecule has 0 atom stereocenters. The molecule has 0 saturated carbocycles.